The maximum atomic E-state index is 8.84. The standard InChI is InChI=1S/C9H13NO2/c1-10(7-11)8-4-3-5-9(6-8)12-2/h3-6,11H,7H2,1-2H3. The molecular weight excluding hydrogens is 154 g/mol. The average Bonchev–Trinajstić information content (AvgIpc) is 2.17. The topological polar surface area (TPSA) is 32.7 Å². The Morgan fingerprint density at radius 1 is 1.50 bits per heavy atom. The number of rotatable bonds is 3. The van der Waals surface area contributed by atoms with E-state index in [1.54, 1.807) is 12.0 Å². The summed E-state index contributed by atoms with van der Waals surface area (Å²) >= 11 is 0. The molecule has 0 heterocycles. The fourth-order valence-corrected chi connectivity index (χ4v) is 0.930. The second-order valence-corrected chi connectivity index (χ2v) is 2.54. The molecule has 3 heteroatoms. The molecule has 0 saturated carbocycles. The van der Waals surface area contributed by atoms with Crippen molar-refractivity contribution in [2.24, 2.45) is 0 Å². The van der Waals surface area contributed by atoms with Gasteiger partial charge in [-0.1, -0.05) is 6.07 Å². The van der Waals surface area contributed by atoms with Crippen molar-refractivity contribution in [2.45, 2.75) is 0 Å². The maximum absolute atomic E-state index is 8.84. The van der Waals surface area contributed by atoms with Gasteiger partial charge < -0.3 is 14.7 Å². The van der Waals surface area contributed by atoms with Crippen LogP contribution in [0, 0.1) is 0 Å². The summed E-state index contributed by atoms with van der Waals surface area (Å²) in [5.41, 5.74) is 0.942. The van der Waals surface area contributed by atoms with E-state index in [9.17, 15) is 0 Å². The van der Waals surface area contributed by atoms with Gasteiger partial charge in [0.2, 0.25) is 0 Å². The molecule has 0 atom stereocenters. The lowest BCUT2D eigenvalue weighted by Gasteiger charge is -2.15. The summed E-state index contributed by atoms with van der Waals surface area (Å²) in [5, 5.41) is 8.84. The van der Waals surface area contributed by atoms with E-state index in [0.717, 1.165) is 11.4 Å². The number of aliphatic hydroxyl groups is 1. The van der Waals surface area contributed by atoms with Crippen molar-refractivity contribution >= 4 is 5.69 Å². The van der Waals surface area contributed by atoms with Crippen LogP contribution >= 0.6 is 0 Å². The minimum atomic E-state index is 0.00711. The Hall–Kier alpha value is -1.22. The van der Waals surface area contributed by atoms with Crippen LogP contribution in [0.4, 0.5) is 5.69 Å². The third-order valence-electron chi connectivity index (χ3n) is 1.71. The molecule has 3 nitrogen and oxygen atoms in total. The van der Waals surface area contributed by atoms with Crippen molar-refractivity contribution in [2.75, 3.05) is 25.8 Å². The summed E-state index contributed by atoms with van der Waals surface area (Å²) in [4.78, 5) is 1.72. The zero-order valence-electron chi connectivity index (χ0n) is 7.32. The van der Waals surface area contributed by atoms with Gasteiger partial charge in [0.1, 0.15) is 12.5 Å². The molecule has 1 N–H and O–H groups in total. The van der Waals surface area contributed by atoms with E-state index in [-0.39, 0.29) is 6.73 Å². The van der Waals surface area contributed by atoms with Gasteiger partial charge in [0.25, 0.3) is 0 Å². The van der Waals surface area contributed by atoms with Gasteiger partial charge in [0.15, 0.2) is 0 Å². The molecule has 0 saturated heterocycles. The summed E-state index contributed by atoms with van der Waals surface area (Å²) in [6.45, 7) is 0.00711. The number of aliphatic hydroxyl groups excluding tert-OH is 1. The summed E-state index contributed by atoms with van der Waals surface area (Å²) in [6, 6.07) is 7.55. The lowest BCUT2D eigenvalue weighted by atomic mass is 10.3. The number of anilines is 1. The second-order valence-electron chi connectivity index (χ2n) is 2.54. The molecule has 1 rings (SSSR count). The van der Waals surface area contributed by atoms with Gasteiger partial charge in [-0.2, -0.15) is 0 Å². The van der Waals surface area contributed by atoms with Crippen molar-refractivity contribution in [3.8, 4) is 5.75 Å². The Bertz CT molecular complexity index is 250. The minimum Gasteiger partial charge on any atom is -0.497 e. The predicted octanol–water partition coefficient (Wildman–Crippen LogP) is 1.08. The van der Waals surface area contributed by atoms with Crippen LogP contribution in [0.15, 0.2) is 24.3 Å². The maximum Gasteiger partial charge on any atom is 0.120 e. The van der Waals surface area contributed by atoms with Crippen molar-refractivity contribution in [3.63, 3.8) is 0 Å². The highest BCUT2D eigenvalue weighted by atomic mass is 16.5. The summed E-state index contributed by atoms with van der Waals surface area (Å²) in [5.74, 6) is 0.799. The van der Waals surface area contributed by atoms with Gasteiger partial charge in [0, 0.05) is 18.8 Å². The van der Waals surface area contributed by atoms with Gasteiger partial charge in [-0.25, -0.2) is 0 Å². The average molecular weight is 167 g/mol. The van der Waals surface area contributed by atoms with Crippen LogP contribution in [0.5, 0.6) is 5.75 Å². The molecule has 0 aliphatic heterocycles. The molecule has 0 aliphatic rings. The summed E-state index contributed by atoms with van der Waals surface area (Å²) < 4.78 is 5.04. The first-order valence-corrected chi connectivity index (χ1v) is 3.74. The number of benzene rings is 1. The lowest BCUT2D eigenvalue weighted by molar-refractivity contribution is 0.298. The molecule has 0 unspecified atom stereocenters. The molecule has 0 aliphatic carbocycles. The number of ether oxygens (including phenoxy) is 1. The Morgan fingerprint density at radius 3 is 2.83 bits per heavy atom. The molecule has 0 aromatic heterocycles. The van der Waals surface area contributed by atoms with Crippen LogP contribution in [-0.4, -0.2) is 26.0 Å². The second kappa shape index (κ2) is 3.97. The van der Waals surface area contributed by atoms with Gasteiger partial charge in [-0.05, 0) is 12.1 Å². The van der Waals surface area contributed by atoms with E-state index in [1.165, 1.54) is 0 Å². The third kappa shape index (κ3) is 1.89. The molecule has 1 aromatic carbocycles. The van der Waals surface area contributed by atoms with Crippen LogP contribution in [0.1, 0.15) is 0 Å². The van der Waals surface area contributed by atoms with Crippen LogP contribution in [0.25, 0.3) is 0 Å². The van der Waals surface area contributed by atoms with Gasteiger partial charge in [0.05, 0.1) is 7.11 Å². The molecule has 0 spiro atoms. The number of hydrogen-bond donors (Lipinski definition) is 1. The number of nitrogens with zero attached hydrogens (tertiary/aromatic N) is 1. The molecular formula is C9H13NO2. The first kappa shape index (κ1) is 8.87. The van der Waals surface area contributed by atoms with E-state index in [0.29, 0.717) is 0 Å². The quantitative estimate of drug-likeness (QED) is 0.684. The molecule has 0 fully saturated rings. The normalized spacial score (nSPS) is 9.58. The molecule has 0 amide bonds. The highest BCUT2D eigenvalue weighted by Gasteiger charge is 1.98. The zero-order chi connectivity index (χ0) is 8.97. The van der Waals surface area contributed by atoms with E-state index >= 15 is 0 Å². The van der Waals surface area contributed by atoms with E-state index in [2.05, 4.69) is 0 Å². The monoisotopic (exact) mass is 167 g/mol. The van der Waals surface area contributed by atoms with Crippen molar-refractivity contribution in [3.05, 3.63) is 24.3 Å². The van der Waals surface area contributed by atoms with E-state index in [4.69, 9.17) is 9.84 Å². The van der Waals surface area contributed by atoms with Crippen LogP contribution in [-0.2, 0) is 0 Å². The van der Waals surface area contributed by atoms with Crippen LogP contribution in [0.3, 0.4) is 0 Å². The lowest BCUT2D eigenvalue weighted by Crippen LogP contribution is -2.17. The zero-order valence-corrected chi connectivity index (χ0v) is 7.32. The summed E-state index contributed by atoms with van der Waals surface area (Å²) in [7, 11) is 3.44. The number of hydrogen-bond acceptors (Lipinski definition) is 3. The molecule has 0 bridgehead atoms. The molecule has 0 radical (unpaired) electrons. The fourth-order valence-electron chi connectivity index (χ4n) is 0.930. The van der Waals surface area contributed by atoms with E-state index < -0.39 is 0 Å². The van der Waals surface area contributed by atoms with Gasteiger partial charge >= 0.3 is 0 Å². The largest absolute Gasteiger partial charge is 0.497 e. The Morgan fingerprint density at radius 2 is 2.25 bits per heavy atom. The van der Waals surface area contributed by atoms with Crippen LogP contribution < -0.4 is 9.64 Å². The highest BCUT2D eigenvalue weighted by molar-refractivity contribution is 5.49. The Labute approximate surface area is 72.2 Å². The van der Waals surface area contributed by atoms with E-state index in [1.807, 2.05) is 31.3 Å². The predicted molar refractivity (Wildman–Crippen MR) is 48.5 cm³/mol. The molecule has 1 aromatic rings. The third-order valence-corrected chi connectivity index (χ3v) is 1.71. The van der Waals surface area contributed by atoms with Gasteiger partial charge in [-0.3, -0.25) is 0 Å². The molecule has 12 heavy (non-hydrogen) atoms. The first-order chi connectivity index (χ1) is 5.77. The summed E-state index contributed by atoms with van der Waals surface area (Å²) in [6.07, 6.45) is 0. The molecule has 66 valence electrons. The fraction of sp³-hybridized carbons (Fsp3) is 0.333. The smallest absolute Gasteiger partial charge is 0.120 e. The first-order valence-electron chi connectivity index (χ1n) is 3.74. The van der Waals surface area contributed by atoms with Crippen LogP contribution in [0.2, 0.25) is 0 Å². The highest BCUT2D eigenvalue weighted by Crippen LogP contribution is 2.18. The minimum absolute atomic E-state index is 0.00711. The van der Waals surface area contributed by atoms with Crippen molar-refractivity contribution in [1.82, 2.24) is 0 Å². The van der Waals surface area contributed by atoms with Crippen molar-refractivity contribution < 1.29 is 9.84 Å². The number of methoxy groups -OCH3 is 1. The van der Waals surface area contributed by atoms with Gasteiger partial charge in [-0.15, -0.1) is 0 Å². The SMILES string of the molecule is COc1cccc(N(C)CO)c1. The Kier molecular flexibility index (Phi) is 2.94. The Balaban J connectivity index is 2.86. The van der Waals surface area contributed by atoms with Crippen molar-refractivity contribution in [1.29, 1.82) is 0 Å².